The Morgan fingerprint density at radius 2 is 1.84 bits per heavy atom. The number of benzene rings is 1. The lowest BCUT2D eigenvalue weighted by Crippen LogP contribution is -2.27. The van der Waals surface area contributed by atoms with E-state index in [4.69, 9.17) is 5.73 Å². The van der Waals surface area contributed by atoms with Crippen molar-refractivity contribution in [3.05, 3.63) is 24.3 Å². The Labute approximate surface area is 113 Å². The Kier molecular flexibility index (Phi) is 3.24. The highest BCUT2D eigenvalue weighted by molar-refractivity contribution is 7.89. The zero-order valence-electron chi connectivity index (χ0n) is 10.7. The molecular weight excluding hydrogens is 262 g/mol. The standard InChI is InChI=1S/C13H19N3O2S/c14-10-7-8-16(9-10)12-3-5-13(6-4-12)19(17,18)15-11-1-2-11/h3-6,10-11,15H,1-2,7-9,14H2. The van der Waals surface area contributed by atoms with E-state index in [0.29, 0.717) is 4.90 Å². The van der Waals surface area contributed by atoms with Gasteiger partial charge in [-0.2, -0.15) is 0 Å². The topological polar surface area (TPSA) is 75.4 Å². The maximum absolute atomic E-state index is 12.0. The molecule has 1 aromatic rings. The van der Waals surface area contributed by atoms with Gasteiger partial charge in [-0.3, -0.25) is 0 Å². The highest BCUT2D eigenvalue weighted by Gasteiger charge is 2.28. The first-order valence-electron chi connectivity index (χ1n) is 6.67. The molecule has 1 heterocycles. The third-order valence-corrected chi connectivity index (χ3v) is 5.17. The van der Waals surface area contributed by atoms with Gasteiger partial charge in [0.25, 0.3) is 0 Å². The fourth-order valence-corrected chi connectivity index (χ4v) is 3.65. The summed E-state index contributed by atoms with van der Waals surface area (Å²) in [6.07, 6.45) is 2.88. The average molecular weight is 281 g/mol. The SMILES string of the molecule is NC1CCN(c2ccc(S(=O)(=O)NC3CC3)cc2)C1. The number of anilines is 1. The maximum Gasteiger partial charge on any atom is 0.240 e. The van der Waals surface area contributed by atoms with Crippen LogP contribution >= 0.6 is 0 Å². The van der Waals surface area contributed by atoms with E-state index in [1.165, 1.54) is 0 Å². The van der Waals surface area contributed by atoms with Gasteiger partial charge < -0.3 is 10.6 Å². The molecule has 5 nitrogen and oxygen atoms in total. The fraction of sp³-hybridized carbons (Fsp3) is 0.538. The van der Waals surface area contributed by atoms with Crippen molar-refractivity contribution in [3.63, 3.8) is 0 Å². The molecule has 1 saturated carbocycles. The molecule has 3 N–H and O–H groups in total. The van der Waals surface area contributed by atoms with Gasteiger partial charge in [0.1, 0.15) is 0 Å². The largest absolute Gasteiger partial charge is 0.370 e. The van der Waals surface area contributed by atoms with Crippen LogP contribution in [-0.2, 0) is 10.0 Å². The second-order valence-electron chi connectivity index (χ2n) is 5.38. The summed E-state index contributed by atoms with van der Waals surface area (Å²) in [5.74, 6) is 0. The van der Waals surface area contributed by atoms with Gasteiger partial charge >= 0.3 is 0 Å². The molecular formula is C13H19N3O2S. The summed E-state index contributed by atoms with van der Waals surface area (Å²) >= 11 is 0. The van der Waals surface area contributed by atoms with E-state index in [0.717, 1.165) is 38.0 Å². The first-order chi connectivity index (χ1) is 9.04. The Morgan fingerprint density at radius 1 is 1.16 bits per heavy atom. The minimum Gasteiger partial charge on any atom is -0.370 e. The summed E-state index contributed by atoms with van der Waals surface area (Å²) < 4.78 is 26.7. The maximum atomic E-state index is 12.0. The van der Waals surface area contributed by atoms with E-state index in [2.05, 4.69) is 9.62 Å². The number of nitrogens with two attached hydrogens (primary N) is 1. The van der Waals surface area contributed by atoms with E-state index in [1.807, 2.05) is 12.1 Å². The van der Waals surface area contributed by atoms with Crippen molar-refractivity contribution in [1.29, 1.82) is 0 Å². The van der Waals surface area contributed by atoms with Crippen molar-refractivity contribution in [3.8, 4) is 0 Å². The third-order valence-electron chi connectivity index (χ3n) is 3.64. The first-order valence-corrected chi connectivity index (χ1v) is 8.16. The van der Waals surface area contributed by atoms with Crippen LogP contribution in [0, 0.1) is 0 Å². The lowest BCUT2D eigenvalue weighted by Gasteiger charge is -2.18. The van der Waals surface area contributed by atoms with Crippen LogP contribution in [0.25, 0.3) is 0 Å². The molecule has 2 fully saturated rings. The molecule has 6 heteroatoms. The van der Waals surface area contributed by atoms with Gasteiger partial charge in [0.05, 0.1) is 4.90 Å². The zero-order valence-corrected chi connectivity index (χ0v) is 11.6. The Morgan fingerprint density at radius 3 is 2.37 bits per heavy atom. The molecule has 0 bridgehead atoms. The van der Waals surface area contributed by atoms with Crippen molar-refractivity contribution < 1.29 is 8.42 Å². The van der Waals surface area contributed by atoms with Gasteiger partial charge in [0, 0.05) is 30.9 Å². The number of hydrogen-bond donors (Lipinski definition) is 2. The second-order valence-corrected chi connectivity index (χ2v) is 7.10. The molecule has 0 spiro atoms. The van der Waals surface area contributed by atoms with Crippen molar-refractivity contribution in [2.24, 2.45) is 5.73 Å². The number of sulfonamides is 1. The molecule has 0 radical (unpaired) electrons. The summed E-state index contributed by atoms with van der Waals surface area (Å²) in [4.78, 5) is 2.53. The Balaban J connectivity index is 1.74. The molecule has 1 aromatic carbocycles. The van der Waals surface area contributed by atoms with Crippen molar-refractivity contribution in [2.75, 3.05) is 18.0 Å². The van der Waals surface area contributed by atoms with E-state index in [9.17, 15) is 8.42 Å². The summed E-state index contributed by atoms with van der Waals surface area (Å²) in [5.41, 5.74) is 6.92. The first kappa shape index (κ1) is 12.9. The van der Waals surface area contributed by atoms with Crippen LogP contribution in [0.2, 0.25) is 0 Å². The fourth-order valence-electron chi connectivity index (χ4n) is 2.35. The summed E-state index contributed by atoms with van der Waals surface area (Å²) in [7, 11) is -3.34. The molecule has 104 valence electrons. The monoisotopic (exact) mass is 281 g/mol. The molecule has 0 amide bonds. The van der Waals surface area contributed by atoms with E-state index in [-0.39, 0.29) is 12.1 Å². The lowest BCUT2D eigenvalue weighted by molar-refractivity contribution is 0.581. The molecule has 1 saturated heterocycles. The minimum atomic E-state index is -3.34. The van der Waals surface area contributed by atoms with Crippen molar-refractivity contribution in [1.82, 2.24) is 4.72 Å². The van der Waals surface area contributed by atoms with Gasteiger partial charge in [-0.15, -0.1) is 0 Å². The normalized spacial score (nSPS) is 23.8. The predicted octanol–water partition coefficient (Wildman–Crippen LogP) is 0.665. The third kappa shape index (κ3) is 2.91. The van der Waals surface area contributed by atoms with E-state index < -0.39 is 10.0 Å². The van der Waals surface area contributed by atoms with Crippen LogP contribution in [0.4, 0.5) is 5.69 Å². The van der Waals surface area contributed by atoms with Crippen LogP contribution < -0.4 is 15.4 Å². The Hall–Kier alpha value is -1.11. The lowest BCUT2D eigenvalue weighted by atomic mass is 10.3. The molecule has 19 heavy (non-hydrogen) atoms. The predicted molar refractivity (Wildman–Crippen MR) is 74.6 cm³/mol. The van der Waals surface area contributed by atoms with E-state index in [1.54, 1.807) is 12.1 Å². The van der Waals surface area contributed by atoms with Crippen molar-refractivity contribution >= 4 is 15.7 Å². The van der Waals surface area contributed by atoms with Crippen molar-refractivity contribution in [2.45, 2.75) is 36.2 Å². The molecule has 1 aliphatic carbocycles. The van der Waals surface area contributed by atoms with E-state index >= 15 is 0 Å². The molecule has 0 aromatic heterocycles. The number of nitrogens with one attached hydrogen (secondary N) is 1. The van der Waals surface area contributed by atoms with Gasteiger partial charge in [-0.1, -0.05) is 0 Å². The highest BCUT2D eigenvalue weighted by Crippen LogP contribution is 2.24. The average Bonchev–Trinajstić information content (AvgIpc) is 3.07. The highest BCUT2D eigenvalue weighted by atomic mass is 32.2. The van der Waals surface area contributed by atoms with Crippen LogP contribution in [0.3, 0.4) is 0 Å². The smallest absolute Gasteiger partial charge is 0.240 e. The zero-order chi connectivity index (χ0) is 13.5. The summed E-state index contributed by atoms with van der Waals surface area (Å²) in [5, 5.41) is 0. The van der Waals surface area contributed by atoms with Crippen LogP contribution in [0.15, 0.2) is 29.2 Å². The molecule has 1 aliphatic heterocycles. The molecule has 1 atom stereocenters. The van der Waals surface area contributed by atoms with Gasteiger partial charge in [0.2, 0.25) is 10.0 Å². The van der Waals surface area contributed by atoms with Crippen LogP contribution in [-0.4, -0.2) is 33.6 Å². The second kappa shape index (κ2) is 4.77. The molecule has 2 aliphatic rings. The summed E-state index contributed by atoms with van der Waals surface area (Å²) in [6, 6.07) is 7.42. The minimum absolute atomic E-state index is 0.140. The molecule has 3 rings (SSSR count). The number of rotatable bonds is 4. The van der Waals surface area contributed by atoms with Gasteiger partial charge in [0.15, 0.2) is 0 Å². The molecule has 1 unspecified atom stereocenters. The summed E-state index contributed by atoms with van der Waals surface area (Å²) in [6.45, 7) is 1.78. The van der Waals surface area contributed by atoms with Gasteiger partial charge in [-0.05, 0) is 43.5 Å². The Bertz CT molecular complexity index is 552. The van der Waals surface area contributed by atoms with Crippen LogP contribution in [0.1, 0.15) is 19.3 Å². The van der Waals surface area contributed by atoms with Crippen LogP contribution in [0.5, 0.6) is 0 Å². The number of nitrogens with zero attached hydrogens (tertiary/aromatic N) is 1. The van der Waals surface area contributed by atoms with Gasteiger partial charge in [-0.25, -0.2) is 13.1 Å². The quantitative estimate of drug-likeness (QED) is 0.850. The number of hydrogen-bond acceptors (Lipinski definition) is 4.